The minimum atomic E-state index is -0.181. The number of ether oxygens (including phenoxy) is 3. The van der Waals surface area contributed by atoms with Gasteiger partial charge in [-0.25, -0.2) is 5.43 Å². The number of hydrogen-bond donors (Lipinski definition) is 2. The molecule has 1 unspecified atom stereocenters. The molecule has 1 atom stereocenters. The van der Waals surface area contributed by atoms with Gasteiger partial charge in [0.15, 0.2) is 11.5 Å². The van der Waals surface area contributed by atoms with Gasteiger partial charge >= 0.3 is 0 Å². The van der Waals surface area contributed by atoms with E-state index in [1.54, 1.807) is 32.7 Å². The Morgan fingerprint density at radius 1 is 1.10 bits per heavy atom. The highest BCUT2D eigenvalue weighted by atomic mass is 79.9. The molecule has 2 rings (SSSR count). The summed E-state index contributed by atoms with van der Waals surface area (Å²) in [5.74, 6) is 7.49. The fourth-order valence-corrected chi connectivity index (χ4v) is 3.68. The number of hydrazine groups is 1. The third kappa shape index (κ3) is 3.16. The topological polar surface area (TPSA) is 65.7 Å². The molecule has 1 heterocycles. The van der Waals surface area contributed by atoms with Crippen LogP contribution in [0.1, 0.15) is 17.2 Å². The molecule has 5 nitrogen and oxygen atoms in total. The second kappa shape index (κ2) is 7.13. The lowest BCUT2D eigenvalue weighted by Gasteiger charge is -2.20. The highest BCUT2D eigenvalue weighted by molar-refractivity contribution is 9.10. The highest BCUT2D eigenvalue weighted by Crippen LogP contribution is 2.41. The highest BCUT2D eigenvalue weighted by Gasteiger charge is 2.21. The van der Waals surface area contributed by atoms with Crippen molar-refractivity contribution in [3.05, 3.63) is 38.5 Å². The van der Waals surface area contributed by atoms with Crippen LogP contribution in [-0.2, 0) is 0 Å². The first-order valence-electron chi connectivity index (χ1n) is 6.13. The van der Waals surface area contributed by atoms with E-state index in [0.717, 1.165) is 15.6 Å². The molecule has 0 radical (unpaired) electrons. The van der Waals surface area contributed by atoms with Gasteiger partial charge in [-0.15, -0.1) is 0 Å². The van der Waals surface area contributed by atoms with E-state index in [1.165, 1.54) is 0 Å². The lowest BCUT2D eigenvalue weighted by atomic mass is 10.0. The van der Waals surface area contributed by atoms with Crippen LogP contribution in [0.5, 0.6) is 17.2 Å². The van der Waals surface area contributed by atoms with Crippen LogP contribution in [-0.4, -0.2) is 21.3 Å². The van der Waals surface area contributed by atoms with Crippen LogP contribution >= 0.6 is 27.3 Å². The van der Waals surface area contributed by atoms with Crippen LogP contribution in [0, 0.1) is 0 Å². The van der Waals surface area contributed by atoms with Gasteiger partial charge in [-0.05, 0) is 44.6 Å². The SMILES string of the molecule is COc1cc(C(NN)c2cscc2Br)cc(OC)c1OC. The average molecular weight is 373 g/mol. The summed E-state index contributed by atoms with van der Waals surface area (Å²) in [6.45, 7) is 0. The molecule has 0 fully saturated rings. The van der Waals surface area contributed by atoms with E-state index in [2.05, 4.69) is 21.4 Å². The number of halogens is 1. The molecule has 1 aromatic heterocycles. The molecule has 0 saturated heterocycles. The molecule has 0 bridgehead atoms. The van der Waals surface area contributed by atoms with E-state index in [4.69, 9.17) is 20.1 Å². The van der Waals surface area contributed by atoms with Gasteiger partial charge in [0.25, 0.3) is 0 Å². The summed E-state index contributed by atoms with van der Waals surface area (Å²) in [5, 5.41) is 4.05. The molecule has 3 N–H and O–H groups in total. The van der Waals surface area contributed by atoms with Crippen molar-refractivity contribution in [3.63, 3.8) is 0 Å². The van der Waals surface area contributed by atoms with Crippen molar-refractivity contribution in [2.45, 2.75) is 6.04 Å². The number of methoxy groups -OCH3 is 3. The van der Waals surface area contributed by atoms with E-state index in [0.29, 0.717) is 17.2 Å². The second-order valence-electron chi connectivity index (χ2n) is 4.23. The zero-order chi connectivity index (χ0) is 15.4. The third-order valence-corrected chi connectivity index (χ3v) is 4.89. The Balaban J connectivity index is 2.54. The molecule has 1 aromatic carbocycles. The second-order valence-corrected chi connectivity index (χ2v) is 5.83. The normalized spacial score (nSPS) is 12.0. The lowest BCUT2D eigenvalue weighted by Crippen LogP contribution is -2.28. The maximum absolute atomic E-state index is 5.74. The summed E-state index contributed by atoms with van der Waals surface area (Å²) in [6.07, 6.45) is 0. The van der Waals surface area contributed by atoms with Crippen molar-refractivity contribution in [3.8, 4) is 17.2 Å². The standard InChI is InChI=1S/C14H17BrN2O3S/c1-18-11-4-8(5-12(19-2)14(11)20-3)13(17-16)9-6-21-7-10(9)15/h4-7,13,17H,16H2,1-3H3. The van der Waals surface area contributed by atoms with Crippen LogP contribution < -0.4 is 25.5 Å². The maximum atomic E-state index is 5.74. The predicted octanol–water partition coefficient (Wildman–Crippen LogP) is 3.09. The summed E-state index contributed by atoms with van der Waals surface area (Å²) in [5.41, 5.74) is 4.80. The summed E-state index contributed by atoms with van der Waals surface area (Å²) in [6, 6.07) is 3.59. The third-order valence-electron chi connectivity index (χ3n) is 3.14. The van der Waals surface area contributed by atoms with Crippen LogP contribution in [0.2, 0.25) is 0 Å². The van der Waals surface area contributed by atoms with Crippen molar-refractivity contribution in [2.75, 3.05) is 21.3 Å². The number of rotatable bonds is 6. The van der Waals surface area contributed by atoms with Crippen LogP contribution in [0.25, 0.3) is 0 Å². The monoisotopic (exact) mass is 372 g/mol. The van der Waals surface area contributed by atoms with Crippen molar-refractivity contribution in [1.82, 2.24) is 5.43 Å². The first kappa shape index (κ1) is 16.1. The Bertz CT molecular complexity index is 593. The number of hydrogen-bond acceptors (Lipinski definition) is 6. The summed E-state index contributed by atoms with van der Waals surface area (Å²) in [7, 11) is 4.76. The van der Waals surface area contributed by atoms with Crippen molar-refractivity contribution >= 4 is 27.3 Å². The quantitative estimate of drug-likeness (QED) is 0.602. The minimum Gasteiger partial charge on any atom is -0.493 e. The first-order chi connectivity index (χ1) is 10.2. The summed E-state index contributed by atoms with van der Waals surface area (Å²) in [4.78, 5) is 0. The van der Waals surface area contributed by atoms with Gasteiger partial charge in [-0.2, -0.15) is 11.3 Å². The molecule has 0 aliphatic heterocycles. The van der Waals surface area contributed by atoms with Crippen LogP contribution in [0.4, 0.5) is 0 Å². The number of benzene rings is 1. The summed E-state index contributed by atoms with van der Waals surface area (Å²) >= 11 is 5.13. The van der Waals surface area contributed by atoms with E-state index >= 15 is 0 Å². The lowest BCUT2D eigenvalue weighted by molar-refractivity contribution is 0.323. The molecular weight excluding hydrogens is 356 g/mol. The maximum Gasteiger partial charge on any atom is 0.203 e. The molecule has 0 amide bonds. The van der Waals surface area contributed by atoms with E-state index < -0.39 is 0 Å². The van der Waals surface area contributed by atoms with Crippen molar-refractivity contribution in [2.24, 2.45) is 5.84 Å². The first-order valence-corrected chi connectivity index (χ1v) is 7.87. The van der Waals surface area contributed by atoms with Gasteiger partial charge in [-0.1, -0.05) is 0 Å². The summed E-state index contributed by atoms with van der Waals surface area (Å²) < 4.78 is 17.1. The number of thiophene rings is 1. The number of nitrogens with two attached hydrogens (primary N) is 1. The smallest absolute Gasteiger partial charge is 0.203 e. The van der Waals surface area contributed by atoms with Gasteiger partial charge in [0.1, 0.15) is 0 Å². The molecule has 0 spiro atoms. The molecule has 0 aliphatic rings. The van der Waals surface area contributed by atoms with Crippen LogP contribution in [0.3, 0.4) is 0 Å². The fourth-order valence-electron chi connectivity index (χ4n) is 2.13. The Morgan fingerprint density at radius 3 is 2.10 bits per heavy atom. The van der Waals surface area contributed by atoms with E-state index in [1.807, 2.05) is 22.9 Å². The zero-order valence-electron chi connectivity index (χ0n) is 12.0. The largest absolute Gasteiger partial charge is 0.493 e. The van der Waals surface area contributed by atoms with Gasteiger partial charge < -0.3 is 14.2 Å². The van der Waals surface area contributed by atoms with Gasteiger partial charge in [0, 0.05) is 9.85 Å². The molecule has 21 heavy (non-hydrogen) atoms. The van der Waals surface area contributed by atoms with Gasteiger partial charge in [-0.3, -0.25) is 5.84 Å². The Labute approximate surface area is 136 Å². The van der Waals surface area contributed by atoms with Gasteiger partial charge in [0.2, 0.25) is 5.75 Å². The molecular formula is C14H17BrN2O3S. The average Bonchev–Trinajstić information content (AvgIpc) is 2.93. The molecule has 2 aromatic rings. The van der Waals surface area contributed by atoms with E-state index in [9.17, 15) is 0 Å². The van der Waals surface area contributed by atoms with E-state index in [-0.39, 0.29) is 6.04 Å². The van der Waals surface area contributed by atoms with Crippen molar-refractivity contribution in [1.29, 1.82) is 0 Å². The molecule has 0 aliphatic carbocycles. The van der Waals surface area contributed by atoms with Crippen molar-refractivity contribution < 1.29 is 14.2 Å². The Kier molecular flexibility index (Phi) is 5.46. The Morgan fingerprint density at radius 2 is 1.71 bits per heavy atom. The minimum absolute atomic E-state index is 0.181. The van der Waals surface area contributed by atoms with Crippen LogP contribution in [0.15, 0.2) is 27.4 Å². The zero-order valence-corrected chi connectivity index (χ0v) is 14.4. The predicted molar refractivity (Wildman–Crippen MR) is 87.3 cm³/mol. The Hall–Kier alpha value is -1.28. The molecule has 0 saturated carbocycles. The fraction of sp³-hybridized carbons (Fsp3) is 0.286. The molecule has 7 heteroatoms. The molecule has 114 valence electrons. The number of nitrogens with one attached hydrogen (secondary N) is 1. The van der Waals surface area contributed by atoms with Gasteiger partial charge in [0.05, 0.1) is 27.4 Å².